The Balaban J connectivity index is 1.19. The van der Waals surface area contributed by atoms with E-state index in [0.29, 0.717) is 51.6 Å². The van der Waals surface area contributed by atoms with Crippen molar-refractivity contribution in [3.63, 3.8) is 0 Å². The maximum Gasteiger partial charge on any atom is 0.508 e. The Hall–Kier alpha value is -4.22. The Kier molecular flexibility index (Phi) is 20.3. The first-order chi connectivity index (χ1) is 29.2. The number of carbonyl (C=O) groups excluding carboxylic acids is 3. The van der Waals surface area contributed by atoms with Crippen molar-refractivity contribution in [2.75, 3.05) is 40.0 Å². The van der Waals surface area contributed by atoms with Crippen molar-refractivity contribution in [1.82, 2.24) is 25.5 Å². The molecule has 3 heterocycles. The zero-order valence-electron chi connectivity index (χ0n) is 34.1. The van der Waals surface area contributed by atoms with E-state index in [1.54, 1.807) is 24.3 Å². The second-order valence-corrected chi connectivity index (χ2v) is 16.1. The number of aliphatic hydroxyl groups excluding tert-OH is 3. The van der Waals surface area contributed by atoms with Crippen molar-refractivity contribution >= 4 is 25.9 Å². The first-order valence-electron chi connectivity index (χ1n) is 20.1. The van der Waals surface area contributed by atoms with Crippen LogP contribution < -0.4 is 27.2 Å². The lowest BCUT2D eigenvalue weighted by Gasteiger charge is -2.42. The summed E-state index contributed by atoms with van der Waals surface area (Å²) in [6, 6.07) is 8.66. The molecule has 23 heteroatoms. The number of phosphoric acid groups is 1. The van der Waals surface area contributed by atoms with Crippen molar-refractivity contribution in [2.45, 2.75) is 114 Å². The molecule has 0 saturated carbocycles. The first kappa shape index (κ1) is 49.4. The number of ether oxygens (including phenoxy) is 5. The van der Waals surface area contributed by atoms with Gasteiger partial charge in [-0.05, 0) is 31.2 Å². The van der Waals surface area contributed by atoms with Gasteiger partial charge >= 0.3 is 25.7 Å². The molecule has 4 rings (SSSR count). The molecule has 0 spiro atoms. The molecule has 2 fully saturated rings. The molecule has 61 heavy (non-hydrogen) atoms. The van der Waals surface area contributed by atoms with Crippen LogP contribution in [0.1, 0.15) is 70.1 Å². The number of benzene rings is 1. The Morgan fingerprint density at radius 2 is 1.59 bits per heavy atom. The lowest BCUT2D eigenvalue weighted by molar-refractivity contribution is -0.270. The molecule has 342 valence electrons. The topological polar surface area (TPSA) is 305 Å². The van der Waals surface area contributed by atoms with Crippen LogP contribution in [0.15, 0.2) is 52.2 Å². The summed E-state index contributed by atoms with van der Waals surface area (Å²) in [6.07, 6.45) is -3.27. The number of nitrogens with one attached hydrogen (secondary N) is 4. The second-order valence-electron chi connectivity index (χ2n) is 14.6. The maximum atomic E-state index is 12.8. The summed E-state index contributed by atoms with van der Waals surface area (Å²) < 4.78 is 51.8. The van der Waals surface area contributed by atoms with E-state index in [0.717, 1.165) is 36.1 Å². The number of H-pyrrole nitrogens is 1. The van der Waals surface area contributed by atoms with Crippen LogP contribution in [0.5, 0.6) is 0 Å². The fourth-order valence-corrected chi connectivity index (χ4v) is 7.61. The molecule has 3 amide bonds. The van der Waals surface area contributed by atoms with E-state index in [4.69, 9.17) is 28.2 Å². The predicted molar refractivity (Wildman–Crippen MR) is 213 cm³/mol. The average molecular weight is 888 g/mol. The van der Waals surface area contributed by atoms with Gasteiger partial charge in [-0.3, -0.25) is 28.2 Å². The van der Waals surface area contributed by atoms with Gasteiger partial charge in [0, 0.05) is 51.9 Å². The molecule has 1 aromatic carbocycles. The van der Waals surface area contributed by atoms with E-state index in [9.17, 15) is 48.8 Å². The minimum atomic E-state index is -4.61. The normalized spacial score (nSPS) is 25.9. The number of hydrogen-bond acceptors (Lipinski definition) is 16. The van der Waals surface area contributed by atoms with Crippen LogP contribution in [0, 0.1) is 5.92 Å². The number of hydrogen-bond donors (Lipinski definition) is 8. The van der Waals surface area contributed by atoms with E-state index >= 15 is 0 Å². The number of urea groups is 1. The van der Waals surface area contributed by atoms with E-state index in [2.05, 4.69) is 25.5 Å². The third kappa shape index (κ3) is 15.9. The van der Waals surface area contributed by atoms with Gasteiger partial charge in [0.1, 0.15) is 56.0 Å². The van der Waals surface area contributed by atoms with E-state index in [-0.39, 0.29) is 19.2 Å². The van der Waals surface area contributed by atoms with Crippen molar-refractivity contribution in [3.8, 4) is 0 Å². The summed E-state index contributed by atoms with van der Waals surface area (Å²) in [4.78, 5) is 73.5. The Labute approximate surface area is 351 Å². The van der Waals surface area contributed by atoms with Crippen LogP contribution in [0.25, 0.3) is 0 Å². The number of aromatic nitrogens is 2. The number of rotatable bonds is 24. The highest BCUT2D eigenvalue weighted by atomic mass is 31.2. The van der Waals surface area contributed by atoms with Gasteiger partial charge < -0.3 is 59.8 Å². The average Bonchev–Trinajstić information content (AvgIpc) is 3.56. The molecule has 2 aliphatic heterocycles. The van der Waals surface area contributed by atoms with Gasteiger partial charge in [-0.15, -0.1) is 0 Å². The lowest BCUT2D eigenvalue weighted by Crippen LogP contribution is -2.64. The van der Waals surface area contributed by atoms with E-state index in [1.807, 2.05) is 6.07 Å². The molecule has 0 aliphatic carbocycles. The van der Waals surface area contributed by atoms with Gasteiger partial charge in [0.2, 0.25) is 5.91 Å². The van der Waals surface area contributed by atoms with Crippen LogP contribution in [0.3, 0.4) is 0 Å². The Morgan fingerprint density at radius 3 is 2.26 bits per heavy atom. The summed E-state index contributed by atoms with van der Waals surface area (Å²) in [7, 11) is -3.62. The fraction of sp³-hybridized carbons (Fsp3) is 0.658. The molecule has 22 nitrogen and oxygen atoms in total. The monoisotopic (exact) mass is 887 g/mol. The van der Waals surface area contributed by atoms with Crippen molar-refractivity contribution < 1.29 is 71.9 Å². The third-order valence-electron chi connectivity index (χ3n) is 10.0. The minimum Gasteiger partial charge on any atom is -0.431 e. The van der Waals surface area contributed by atoms with Crippen LogP contribution in [-0.2, 0) is 48.7 Å². The maximum absolute atomic E-state index is 12.8. The SMILES string of the molecule is COP(=O)(O)OC1[C@@H](COC(=O)OCc2ccccc2)O[C@@H](n2ccc(=O)[nH]c2=O)[C@H]1CCCCCCCNC(=O)NCCCCO[C@@H]1O[C@H](CO)[C@H](O)[C@H](O)[C@H]1NC(C)=O. The summed E-state index contributed by atoms with van der Waals surface area (Å²) in [5, 5.41) is 38.0. The number of carbonyl (C=O) groups is 3. The zero-order valence-corrected chi connectivity index (χ0v) is 35.0. The minimum absolute atomic E-state index is 0.0586. The van der Waals surface area contributed by atoms with E-state index in [1.165, 1.54) is 13.1 Å². The smallest absolute Gasteiger partial charge is 0.431 e. The third-order valence-corrected chi connectivity index (χ3v) is 11.0. The quantitative estimate of drug-likeness (QED) is 0.0413. The summed E-state index contributed by atoms with van der Waals surface area (Å²) >= 11 is 0. The molecule has 1 aromatic heterocycles. The van der Waals surface area contributed by atoms with Crippen molar-refractivity contribution in [1.29, 1.82) is 0 Å². The van der Waals surface area contributed by atoms with Crippen molar-refractivity contribution in [3.05, 3.63) is 69.0 Å². The molecular weight excluding hydrogens is 829 g/mol. The van der Waals surface area contributed by atoms with Gasteiger partial charge in [-0.2, -0.15) is 0 Å². The number of unbranched alkanes of at least 4 members (excludes halogenated alkanes) is 5. The van der Waals surface area contributed by atoms with Crippen LogP contribution in [0.2, 0.25) is 0 Å². The van der Waals surface area contributed by atoms with Gasteiger partial charge in [0.15, 0.2) is 6.29 Å². The molecule has 2 aromatic rings. The largest absolute Gasteiger partial charge is 0.508 e. The van der Waals surface area contributed by atoms with Gasteiger partial charge in [0.25, 0.3) is 5.56 Å². The van der Waals surface area contributed by atoms with Crippen LogP contribution in [-0.4, -0.2) is 131 Å². The standard InChI is InChI=1S/C38H58N5O17P/c1-24(45)41-30-32(48)31(47)27(21-44)59-35(30)55-20-12-11-18-40-36(49)39-17-10-5-3-4-9-15-26-33(60-61(52,53)54-2)28(58-34(26)43-19-16-29(46)42-37(43)50)23-57-38(51)56-22-25-13-7-6-8-14-25/h6-8,13-14,16,19,26-28,30-35,44,47-48H,3-5,9-12,15,17-18,20-23H2,1-2H3,(H,41,45)(H,52,53)(H2,39,40,49)(H,42,46,50)/t26-,27+,28+,30+,31-,32+,33?,34+,35+/m0/s1. The van der Waals surface area contributed by atoms with E-state index < -0.39 is 99.3 Å². The highest BCUT2D eigenvalue weighted by Gasteiger charge is 2.50. The second kappa shape index (κ2) is 25.0. The van der Waals surface area contributed by atoms with Crippen LogP contribution >= 0.6 is 7.82 Å². The zero-order chi connectivity index (χ0) is 44.4. The molecule has 8 N–H and O–H groups in total. The highest BCUT2D eigenvalue weighted by Crippen LogP contribution is 2.50. The van der Waals surface area contributed by atoms with Crippen molar-refractivity contribution in [2.24, 2.45) is 5.92 Å². The lowest BCUT2D eigenvalue weighted by atomic mass is 9.93. The Morgan fingerprint density at radius 1 is 0.902 bits per heavy atom. The highest BCUT2D eigenvalue weighted by molar-refractivity contribution is 7.47. The fourth-order valence-electron chi connectivity index (χ4n) is 6.93. The molecule has 2 aliphatic rings. The summed E-state index contributed by atoms with van der Waals surface area (Å²) in [5.41, 5.74) is -0.687. The first-order valence-corrected chi connectivity index (χ1v) is 21.6. The molecule has 2 saturated heterocycles. The van der Waals surface area contributed by atoms with Gasteiger partial charge in [0.05, 0.1) is 6.61 Å². The molecule has 10 atom stereocenters. The predicted octanol–water partition coefficient (Wildman–Crippen LogP) is 0.916. The number of aliphatic hydroxyl groups is 3. The number of phosphoric ester groups is 1. The van der Waals surface area contributed by atoms with Gasteiger partial charge in [-0.25, -0.2) is 18.9 Å². The molecule has 0 bridgehead atoms. The van der Waals surface area contributed by atoms with Crippen LogP contribution in [0.4, 0.5) is 9.59 Å². The summed E-state index contributed by atoms with van der Waals surface area (Å²) in [6.45, 7) is 1.11. The molecular formula is C38H58N5O17P. The molecule has 0 radical (unpaired) electrons. The molecule has 2 unspecified atom stereocenters. The number of amides is 3. The van der Waals surface area contributed by atoms with Gasteiger partial charge in [-0.1, -0.05) is 56.0 Å². The number of nitrogens with zero attached hydrogens (tertiary/aromatic N) is 1. The summed E-state index contributed by atoms with van der Waals surface area (Å²) in [5.74, 6) is -1.18. The number of aromatic amines is 1. The Bertz CT molecular complexity index is 1840.